The Kier molecular flexibility index (Phi) is 4.72. The zero-order valence-corrected chi connectivity index (χ0v) is 11.2. The maximum absolute atomic E-state index is 5.62. The van der Waals surface area contributed by atoms with Crippen LogP contribution in [0.3, 0.4) is 0 Å². The van der Waals surface area contributed by atoms with Gasteiger partial charge in [0.15, 0.2) is 17.4 Å². The Bertz CT molecular complexity index is 513. The molecule has 0 saturated carbocycles. The van der Waals surface area contributed by atoms with E-state index < -0.39 is 0 Å². The van der Waals surface area contributed by atoms with Crippen LogP contribution < -0.4 is 10.1 Å². The summed E-state index contributed by atoms with van der Waals surface area (Å²) in [6.45, 7) is 5.21. The highest BCUT2D eigenvalue weighted by atomic mass is 16.5. The molecule has 0 unspecified atom stereocenters. The summed E-state index contributed by atoms with van der Waals surface area (Å²) in [7, 11) is 0. The summed E-state index contributed by atoms with van der Waals surface area (Å²) in [6.07, 6.45) is 3.39. The molecule has 0 spiro atoms. The molecule has 19 heavy (non-hydrogen) atoms. The summed E-state index contributed by atoms with van der Waals surface area (Å²) in [5.74, 6) is 2.79. The Morgan fingerprint density at radius 1 is 1.42 bits per heavy atom. The van der Waals surface area contributed by atoms with Crippen LogP contribution in [0.2, 0.25) is 0 Å². The van der Waals surface area contributed by atoms with E-state index in [0.717, 1.165) is 18.0 Å². The van der Waals surface area contributed by atoms with Gasteiger partial charge in [-0.15, -0.1) is 0 Å². The number of hydrogen-bond acceptors (Lipinski definition) is 6. The third-order valence-electron chi connectivity index (χ3n) is 2.44. The third kappa shape index (κ3) is 3.94. The van der Waals surface area contributed by atoms with E-state index in [1.165, 1.54) is 0 Å². The van der Waals surface area contributed by atoms with Crippen molar-refractivity contribution in [2.45, 2.75) is 26.7 Å². The van der Waals surface area contributed by atoms with Gasteiger partial charge in [-0.2, -0.15) is 4.98 Å². The molecular weight excluding hydrogens is 244 g/mol. The predicted octanol–water partition coefficient (Wildman–Crippen LogP) is 2.22. The van der Waals surface area contributed by atoms with Gasteiger partial charge in [0.25, 0.3) is 0 Å². The quantitative estimate of drug-likeness (QED) is 0.824. The molecule has 0 saturated heterocycles. The summed E-state index contributed by atoms with van der Waals surface area (Å²) in [6, 6.07) is 3.77. The van der Waals surface area contributed by atoms with Crippen molar-refractivity contribution in [1.82, 2.24) is 15.1 Å². The van der Waals surface area contributed by atoms with Crippen molar-refractivity contribution in [3.63, 3.8) is 0 Å². The Morgan fingerprint density at radius 3 is 3.05 bits per heavy atom. The second-order valence-electron chi connectivity index (χ2n) is 4.11. The van der Waals surface area contributed by atoms with Gasteiger partial charge in [-0.25, -0.2) is 4.98 Å². The molecule has 2 heterocycles. The second-order valence-corrected chi connectivity index (χ2v) is 4.11. The van der Waals surface area contributed by atoms with E-state index in [2.05, 4.69) is 27.4 Å². The zero-order valence-electron chi connectivity index (χ0n) is 11.2. The Balaban J connectivity index is 1.88. The van der Waals surface area contributed by atoms with Crippen LogP contribution in [0, 0.1) is 6.92 Å². The van der Waals surface area contributed by atoms with E-state index in [1.807, 2.05) is 12.1 Å². The molecule has 6 heteroatoms. The lowest BCUT2D eigenvalue weighted by Crippen LogP contribution is -2.09. The van der Waals surface area contributed by atoms with Crippen LogP contribution in [0.5, 0.6) is 5.75 Å². The standard InChI is InChI=1S/C13H18N4O2/c1-3-9-18-11-5-4-7-14-13(11)15-8-6-12-16-10(2)19-17-12/h4-5,7H,3,6,8-9H2,1-2H3,(H,14,15). The number of aromatic nitrogens is 3. The molecule has 2 aromatic heterocycles. The zero-order chi connectivity index (χ0) is 13.5. The normalized spacial score (nSPS) is 10.4. The first-order valence-corrected chi connectivity index (χ1v) is 6.40. The van der Waals surface area contributed by atoms with E-state index in [0.29, 0.717) is 31.3 Å². The van der Waals surface area contributed by atoms with Crippen LogP contribution in [0.15, 0.2) is 22.9 Å². The van der Waals surface area contributed by atoms with Crippen LogP contribution in [-0.2, 0) is 6.42 Å². The first-order chi connectivity index (χ1) is 9.29. The molecule has 0 aliphatic heterocycles. The van der Waals surface area contributed by atoms with Crippen LogP contribution in [-0.4, -0.2) is 28.3 Å². The number of hydrogen-bond donors (Lipinski definition) is 1. The van der Waals surface area contributed by atoms with Crippen molar-refractivity contribution in [2.75, 3.05) is 18.5 Å². The fourth-order valence-corrected chi connectivity index (χ4v) is 1.59. The molecule has 0 fully saturated rings. The first kappa shape index (κ1) is 13.3. The number of nitrogens with one attached hydrogen (secondary N) is 1. The monoisotopic (exact) mass is 262 g/mol. The molecule has 0 radical (unpaired) electrons. The highest BCUT2D eigenvalue weighted by Crippen LogP contribution is 2.20. The summed E-state index contributed by atoms with van der Waals surface area (Å²) >= 11 is 0. The average Bonchev–Trinajstić information content (AvgIpc) is 2.83. The van der Waals surface area contributed by atoms with Crippen molar-refractivity contribution in [1.29, 1.82) is 0 Å². The number of pyridine rings is 1. The highest BCUT2D eigenvalue weighted by molar-refractivity contribution is 5.49. The minimum atomic E-state index is 0.583. The highest BCUT2D eigenvalue weighted by Gasteiger charge is 2.05. The molecule has 0 amide bonds. The topological polar surface area (TPSA) is 73.1 Å². The maximum atomic E-state index is 5.62. The van der Waals surface area contributed by atoms with E-state index in [-0.39, 0.29) is 0 Å². The van der Waals surface area contributed by atoms with Gasteiger partial charge in [0.05, 0.1) is 6.61 Å². The largest absolute Gasteiger partial charge is 0.490 e. The van der Waals surface area contributed by atoms with Crippen molar-refractivity contribution in [2.24, 2.45) is 0 Å². The number of nitrogens with zero attached hydrogens (tertiary/aromatic N) is 3. The van der Waals surface area contributed by atoms with Crippen molar-refractivity contribution >= 4 is 5.82 Å². The fourth-order valence-electron chi connectivity index (χ4n) is 1.59. The SMILES string of the molecule is CCCOc1cccnc1NCCc1noc(C)n1. The summed E-state index contributed by atoms with van der Waals surface area (Å²) in [5, 5.41) is 7.06. The van der Waals surface area contributed by atoms with Crippen molar-refractivity contribution in [3.05, 3.63) is 30.0 Å². The van der Waals surface area contributed by atoms with E-state index >= 15 is 0 Å². The van der Waals surface area contributed by atoms with E-state index in [1.54, 1.807) is 13.1 Å². The number of ether oxygens (including phenoxy) is 1. The Hall–Kier alpha value is -2.11. The molecule has 0 aliphatic rings. The Labute approximate surface area is 112 Å². The minimum Gasteiger partial charge on any atom is -0.490 e. The average molecular weight is 262 g/mol. The first-order valence-electron chi connectivity index (χ1n) is 6.40. The van der Waals surface area contributed by atoms with Crippen LogP contribution >= 0.6 is 0 Å². The number of rotatable bonds is 7. The van der Waals surface area contributed by atoms with Gasteiger partial charge < -0.3 is 14.6 Å². The van der Waals surface area contributed by atoms with Gasteiger partial charge in [-0.1, -0.05) is 12.1 Å². The van der Waals surface area contributed by atoms with Crippen LogP contribution in [0.1, 0.15) is 25.1 Å². The molecule has 0 bridgehead atoms. The molecule has 102 valence electrons. The minimum absolute atomic E-state index is 0.583. The van der Waals surface area contributed by atoms with Gasteiger partial charge in [0.2, 0.25) is 5.89 Å². The van der Waals surface area contributed by atoms with Crippen LogP contribution in [0.25, 0.3) is 0 Å². The molecule has 0 aliphatic carbocycles. The predicted molar refractivity (Wildman–Crippen MR) is 71.3 cm³/mol. The van der Waals surface area contributed by atoms with Crippen molar-refractivity contribution < 1.29 is 9.26 Å². The molecule has 1 N–H and O–H groups in total. The lowest BCUT2D eigenvalue weighted by Gasteiger charge is -2.10. The maximum Gasteiger partial charge on any atom is 0.223 e. The lowest BCUT2D eigenvalue weighted by molar-refractivity contribution is 0.318. The fraction of sp³-hybridized carbons (Fsp3) is 0.462. The van der Waals surface area contributed by atoms with Gasteiger partial charge in [0.1, 0.15) is 0 Å². The molecule has 0 aromatic carbocycles. The molecule has 6 nitrogen and oxygen atoms in total. The van der Waals surface area contributed by atoms with Crippen LogP contribution in [0.4, 0.5) is 5.82 Å². The van der Waals surface area contributed by atoms with Gasteiger partial charge in [-0.05, 0) is 18.6 Å². The summed E-state index contributed by atoms with van der Waals surface area (Å²) in [5.41, 5.74) is 0. The van der Waals surface area contributed by atoms with E-state index in [9.17, 15) is 0 Å². The van der Waals surface area contributed by atoms with Gasteiger partial charge in [0, 0.05) is 26.1 Å². The summed E-state index contributed by atoms with van der Waals surface area (Å²) in [4.78, 5) is 8.41. The molecule has 2 aromatic rings. The van der Waals surface area contributed by atoms with Gasteiger partial charge >= 0.3 is 0 Å². The smallest absolute Gasteiger partial charge is 0.223 e. The molecular formula is C13H18N4O2. The Morgan fingerprint density at radius 2 is 2.32 bits per heavy atom. The number of anilines is 1. The van der Waals surface area contributed by atoms with E-state index in [4.69, 9.17) is 9.26 Å². The lowest BCUT2D eigenvalue weighted by atomic mass is 10.3. The van der Waals surface area contributed by atoms with Crippen molar-refractivity contribution in [3.8, 4) is 5.75 Å². The summed E-state index contributed by atoms with van der Waals surface area (Å²) < 4.78 is 10.5. The molecule has 0 atom stereocenters. The number of aryl methyl sites for hydroxylation is 1. The van der Waals surface area contributed by atoms with Gasteiger partial charge in [-0.3, -0.25) is 0 Å². The molecule has 2 rings (SSSR count). The second kappa shape index (κ2) is 6.72. The third-order valence-corrected chi connectivity index (χ3v) is 2.44.